The molecule has 1 aliphatic rings. The van der Waals surface area contributed by atoms with Crippen LogP contribution >= 0.6 is 11.3 Å². The molecule has 2 aromatic carbocycles. The molecule has 0 saturated carbocycles. The summed E-state index contributed by atoms with van der Waals surface area (Å²) in [5.41, 5.74) is 2.43. The third kappa shape index (κ3) is 4.53. The van der Waals surface area contributed by atoms with Crippen molar-refractivity contribution in [1.29, 1.82) is 0 Å². The van der Waals surface area contributed by atoms with Gasteiger partial charge in [-0.25, -0.2) is 17.2 Å². The van der Waals surface area contributed by atoms with Gasteiger partial charge in [0.15, 0.2) is 11.6 Å². The van der Waals surface area contributed by atoms with Crippen molar-refractivity contribution in [2.24, 2.45) is 0 Å². The first-order valence-electron chi connectivity index (χ1n) is 10.3. The molecule has 1 N–H and O–H groups in total. The molecule has 11 heteroatoms. The number of hydrogen-bond donors (Lipinski definition) is 1. The molecule has 1 atom stereocenters. The summed E-state index contributed by atoms with van der Waals surface area (Å²) in [6.45, 7) is 5.83. The van der Waals surface area contributed by atoms with Gasteiger partial charge in [0, 0.05) is 18.3 Å². The summed E-state index contributed by atoms with van der Waals surface area (Å²) in [7, 11) is -3.79. The first-order chi connectivity index (χ1) is 15.6. The molecule has 7 nitrogen and oxygen atoms in total. The van der Waals surface area contributed by atoms with Crippen LogP contribution in [0.3, 0.4) is 0 Å². The van der Waals surface area contributed by atoms with Gasteiger partial charge in [-0.3, -0.25) is 4.79 Å². The fourth-order valence-corrected chi connectivity index (χ4v) is 7.21. The van der Waals surface area contributed by atoms with Crippen LogP contribution in [0.25, 0.3) is 0 Å². The molecule has 2 heterocycles. The number of nitrogens with one attached hydrogen (secondary N) is 1. The number of sulfonamides is 1. The zero-order chi connectivity index (χ0) is 23.9. The van der Waals surface area contributed by atoms with Crippen molar-refractivity contribution in [2.75, 3.05) is 11.9 Å². The second-order valence-corrected chi connectivity index (χ2v) is 10.9. The Bertz CT molecular complexity index is 1320. The van der Waals surface area contributed by atoms with Crippen molar-refractivity contribution in [1.82, 2.24) is 14.5 Å². The molecule has 0 radical (unpaired) electrons. The predicted molar refractivity (Wildman–Crippen MR) is 121 cm³/mol. The van der Waals surface area contributed by atoms with Crippen LogP contribution in [0.2, 0.25) is 0 Å². The van der Waals surface area contributed by atoms with Crippen molar-refractivity contribution in [3.8, 4) is 0 Å². The van der Waals surface area contributed by atoms with Gasteiger partial charge in [0.1, 0.15) is 5.01 Å². The standard InChI is InChI=1S/C22H22F2N4O3S2/c1-12-9-13(2)19(14(3)10-12)33(30,31)28-8-4-5-18(28)21-26-27-22(32-21)20(29)25-15-6-7-16(23)17(24)11-15/h6-7,9-11,18H,4-5,8H2,1-3H3,(H,25,29)/t18-/m1/s1. The predicted octanol–water partition coefficient (Wildman–Crippen LogP) is 4.52. The first-order valence-corrected chi connectivity index (χ1v) is 12.5. The number of carbonyl (C=O) groups excluding carboxylic acids is 1. The van der Waals surface area contributed by atoms with Crippen LogP contribution in [0.1, 0.15) is 50.4 Å². The lowest BCUT2D eigenvalue weighted by Gasteiger charge is -2.24. The molecule has 1 aromatic heterocycles. The van der Waals surface area contributed by atoms with E-state index in [0.717, 1.165) is 29.0 Å². The molecule has 0 unspecified atom stereocenters. The number of aryl methyl sites for hydroxylation is 3. The Hall–Kier alpha value is -2.76. The molecular weight excluding hydrogens is 470 g/mol. The second kappa shape index (κ2) is 8.88. The molecule has 4 rings (SSSR count). The summed E-state index contributed by atoms with van der Waals surface area (Å²) in [5.74, 6) is -2.74. The van der Waals surface area contributed by atoms with Crippen molar-refractivity contribution in [3.05, 3.63) is 68.7 Å². The van der Waals surface area contributed by atoms with Gasteiger partial charge in [-0.05, 0) is 56.9 Å². The van der Waals surface area contributed by atoms with Crippen LogP contribution in [-0.4, -0.2) is 35.4 Å². The molecule has 1 aliphatic heterocycles. The highest BCUT2D eigenvalue weighted by Crippen LogP contribution is 2.39. The van der Waals surface area contributed by atoms with Crippen LogP contribution in [0.15, 0.2) is 35.2 Å². The number of carbonyl (C=O) groups is 1. The van der Waals surface area contributed by atoms with E-state index in [2.05, 4.69) is 15.5 Å². The number of halogens is 2. The third-order valence-electron chi connectivity index (χ3n) is 5.47. The van der Waals surface area contributed by atoms with Crippen LogP contribution in [0, 0.1) is 32.4 Å². The van der Waals surface area contributed by atoms with Crippen molar-refractivity contribution >= 4 is 33.0 Å². The molecule has 174 valence electrons. The number of amides is 1. The quantitative estimate of drug-likeness (QED) is 0.565. The monoisotopic (exact) mass is 492 g/mol. The van der Waals surface area contributed by atoms with E-state index in [4.69, 9.17) is 0 Å². The SMILES string of the molecule is Cc1cc(C)c(S(=O)(=O)N2CCC[C@@H]2c2nnc(C(=O)Nc3ccc(F)c(F)c3)s2)c(C)c1. The highest BCUT2D eigenvalue weighted by molar-refractivity contribution is 7.89. The maximum atomic E-state index is 13.5. The Morgan fingerprint density at radius 3 is 2.45 bits per heavy atom. The Morgan fingerprint density at radius 2 is 1.79 bits per heavy atom. The molecule has 0 bridgehead atoms. The van der Waals surface area contributed by atoms with Gasteiger partial charge < -0.3 is 5.32 Å². The lowest BCUT2D eigenvalue weighted by molar-refractivity contribution is 0.102. The summed E-state index contributed by atoms with van der Waals surface area (Å²) in [5, 5.41) is 10.8. The molecule has 0 spiro atoms. The maximum absolute atomic E-state index is 13.5. The molecule has 1 fully saturated rings. The molecular formula is C22H22F2N4O3S2. The lowest BCUT2D eigenvalue weighted by Crippen LogP contribution is -2.31. The van der Waals surface area contributed by atoms with Crippen molar-refractivity contribution < 1.29 is 22.0 Å². The minimum Gasteiger partial charge on any atom is -0.320 e. The van der Waals surface area contributed by atoms with Crippen LogP contribution in [0.4, 0.5) is 14.5 Å². The van der Waals surface area contributed by atoms with E-state index in [0.29, 0.717) is 40.4 Å². The van der Waals surface area contributed by atoms with Crippen LogP contribution in [-0.2, 0) is 10.0 Å². The number of rotatable bonds is 5. The van der Waals surface area contributed by atoms with E-state index in [-0.39, 0.29) is 10.7 Å². The largest absolute Gasteiger partial charge is 0.320 e. The summed E-state index contributed by atoms with van der Waals surface area (Å²) >= 11 is 0.983. The van der Waals surface area contributed by atoms with E-state index in [1.807, 2.05) is 19.1 Å². The van der Waals surface area contributed by atoms with Gasteiger partial charge >= 0.3 is 0 Å². The van der Waals surface area contributed by atoms with Gasteiger partial charge in [0.05, 0.1) is 10.9 Å². The number of hydrogen-bond acceptors (Lipinski definition) is 6. The topological polar surface area (TPSA) is 92.3 Å². The van der Waals surface area contributed by atoms with E-state index < -0.39 is 33.6 Å². The molecule has 1 saturated heterocycles. The van der Waals surface area contributed by atoms with Gasteiger partial charge in [-0.1, -0.05) is 29.0 Å². The summed E-state index contributed by atoms with van der Waals surface area (Å²) in [6, 6.07) is 6.17. The highest BCUT2D eigenvalue weighted by atomic mass is 32.2. The zero-order valence-electron chi connectivity index (χ0n) is 18.2. The fraction of sp³-hybridized carbons (Fsp3) is 0.318. The molecule has 1 amide bonds. The van der Waals surface area contributed by atoms with E-state index in [9.17, 15) is 22.0 Å². The Kier molecular flexibility index (Phi) is 6.30. The fourth-order valence-electron chi connectivity index (χ4n) is 4.18. The zero-order valence-corrected chi connectivity index (χ0v) is 19.9. The smallest absolute Gasteiger partial charge is 0.286 e. The number of anilines is 1. The van der Waals surface area contributed by atoms with Gasteiger partial charge in [0.2, 0.25) is 15.0 Å². The van der Waals surface area contributed by atoms with E-state index >= 15 is 0 Å². The minimum atomic E-state index is -3.79. The van der Waals surface area contributed by atoms with Crippen LogP contribution < -0.4 is 5.32 Å². The van der Waals surface area contributed by atoms with Gasteiger partial charge in [0.25, 0.3) is 5.91 Å². The Morgan fingerprint density at radius 1 is 1.09 bits per heavy atom. The molecule has 33 heavy (non-hydrogen) atoms. The number of nitrogens with zero attached hydrogens (tertiary/aromatic N) is 3. The average molecular weight is 493 g/mol. The first kappa shape index (κ1) is 23.4. The highest BCUT2D eigenvalue weighted by Gasteiger charge is 2.39. The number of benzene rings is 2. The summed E-state index contributed by atoms with van der Waals surface area (Å²) < 4.78 is 55.0. The summed E-state index contributed by atoms with van der Waals surface area (Å²) in [4.78, 5) is 12.8. The maximum Gasteiger partial charge on any atom is 0.286 e. The molecule has 3 aromatic rings. The third-order valence-corrected chi connectivity index (χ3v) is 8.71. The van der Waals surface area contributed by atoms with E-state index in [1.54, 1.807) is 13.8 Å². The van der Waals surface area contributed by atoms with Crippen molar-refractivity contribution in [2.45, 2.75) is 44.6 Å². The molecule has 0 aliphatic carbocycles. The summed E-state index contributed by atoms with van der Waals surface area (Å²) in [6.07, 6.45) is 1.21. The van der Waals surface area contributed by atoms with E-state index in [1.165, 1.54) is 10.4 Å². The minimum absolute atomic E-state index is 0.00155. The van der Waals surface area contributed by atoms with Gasteiger partial charge in [-0.15, -0.1) is 10.2 Å². The van der Waals surface area contributed by atoms with Gasteiger partial charge in [-0.2, -0.15) is 4.31 Å². The van der Waals surface area contributed by atoms with Crippen LogP contribution in [0.5, 0.6) is 0 Å². The Labute approximate surface area is 194 Å². The Balaban J connectivity index is 1.58. The second-order valence-electron chi connectivity index (χ2n) is 8.03. The number of aromatic nitrogens is 2. The average Bonchev–Trinajstić information content (AvgIpc) is 3.39. The van der Waals surface area contributed by atoms with Crippen molar-refractivity contribution in [3.63, 3.8) is 0 Å². The normalized spacial score (nSPS) is 16.8. The lowest BCUT2D eigenvalue weighted by atomic mass is 10.1.